The number of hydrogen-bond donors (Lipinski definition) is 1. The van der Waals surface area contributed by atoms with Gasteiger partial charge in [-0.3, -0.25) is 0 Å². The number of nitrogens with two attached hydrogens (primary N) is 1. The molecule has 1 aromatic heterocycles. The van der Waals surface area contributed by atoms with Gasteiger partial charge in [-0.15, -0.1) is 0 Å². The summed E-state index contributed by atoms with van der Waals surface area (Å²) in [6.07, 6.45) is 2.80. The van der Waals surface area contributed by atoms with E-state index < -0.39 is 0 Å². The quantitative estimate of drug-likeness (QED) is 0.922. The van der Waals surface area contributed by atoms with Gasteiger partial charge in [0, 0.05) is 23.3 Å². The van der Waals surface area contributed by atoms with Crippen molar-refractivity contribution in [3.05, 3.63) is 58.5 Å². The van der Waals surface area contributed by atoms with Gasteiger partial charge in [0.1, 0.15) is 5.82 Å². The lowest BCUT2D eigenvalue weighted by Crippen LogP contribution is -2.26. The normalized spacial score (nSPS) is 12.2. The second kappa shape index (κ2) is 6.68. The fraction of sp³-hybridized carbons (Fsp3) is 0.267. The van der Waals surface area contributed by atoms with E-state index in [4.69, 9.17) is 22.1 Å². The molecule has 3 nitrogen and oxygen atoms in total. The first kappa shape index (κ1) is 14.8. The summed E-state index contributed by atoms with van der Waals surface area (Å²) in [7, 11) is 1.57. The number of nitrogens with zero attached hydrogens (tertiary/aromatic N) is 1. The Kier molecular flexibility index (Phi) is 4.93. The lowest BCUT2D eigenvalue weighted by Gasteiger charge is -2.12. The third-order valence-electron chi connectivity index (χ3n) is 3.00. The number of rotatable bonds is 5. The summed E-state index contributed by atoms with van der Waals surface area (Å²) in [5.74, 6) is 0.242. The second-order valence-corrected chi connectivity index (χ2v) is 5.05. The van der Waals surface area contributed by atoms with Crippen molar-refractivity contribution in [2.45, 2.75) is 18.9 Å². The number of pyridine rings is 1. The Morgan fingerprint density at radius 1 is 1.30 bits per heavy atom. The Balaban J connectivity index is 1.99. The van der Waals surface area contributed by atoms with E-state index in [2.05, 4.69) is 4.98 Å². The molecule has 1 heterocycles. The summed E-state index contributed by atoms with van der Waals surface area (Å²) >= 11 is 5.72. The maximum absolute atomic E-state index is 13.7. The van der Waals surface area contributed by atoms with Crippen molar-refractivity contribution in [2.24, 2.45) is 5.73 Å². The first-order valence-corrected chi connectivity index (χ1v) is 6.64. The van der Waals surface area contributed by atoms with Gasteiger partial charge in [-0.25, -0.2) is 9.37 Å². The van der Waals surface area contributed by atoms with Gasteiger partial charge in [0.15, 0.2) is 0 Å². The van der Waals surface area contributed by atoms with Gasteiger partial charge >= 0.3 is 0 Å². The van der Waals surface area contributed by atoms with Crippen LogP contribution in [0.5, 0.6) is 5.88 Å². The van der Waals surface area contributed by atoms with Crippen LogP contribution >= 0.6 is 11.6 Å². The van der Waals surface area contributed by atoms with Gasteiger partial charge in [-0.1, -0.05) is 23.7 Å². The first-order chi connectivity index (χ1) is 9.58. The van der Waals surface area contributed by atoms with Gasteiger partial charge in [0.25, 0.3) is 0 Å². The third-order valence-corrected chi connectivity index (χ3v) is 3.24. The fourth-order valence-electron chi connectivity index (χ4n) is 2.00. The van der Waals surface area contributed by atoms with Crippen molar-refractivity contribution >= 4 is 11.6 Å². The molecule has 0 bridgehead atoms. The number of methoxy groups -OCH3 is 1. The average molecular weight is 295 g/mol. The molecule has 0 radical (unpaired) electrons. The Morgan fingerprint density at radius 3 is 2.70 bits per heavy atom. The van der Waals surface area contributed by atoms with Crippen molar-refractivity contribution in [3.8, 4) is 5.88 Å². The van der Waals surface area contributed by atoms with Crippen LogP contribution in [0.1, 0.15) is 11.1 Å². The summed E-state index contributed by atoms with van der Waals surface area (Å²) in [6.45, 7) is 0. The Labute approximate surface area is 122 Å². The molecule has 1 unspecified atom stereocenters. The minimum absolute atomic E-state index is 0.180. The molecule has 0 aliphatic heterocycles. The summed E-state index contributed by atoms with van der Waals surface area (Å²) in [6, 6.07) is 8.15. The zero-order valence-corrected chi connectivity index (χ0v) is 11.9. The molecular weight excluding hydrogens is 279 g/mol. The SMILES string of the molecule is COc1ccc(CC(N)Cc2ccc(Cl)cc2F)cn1. The van der Waals surface area contributed by atoms with E-state index in [9.17, 15) is 4.39 Å². The van der Waals surface area contributed by atoms with E-state index in [1.807, 2.05) is 6.07 Å². The molecule has 2 aromatic rings. The van der Waals surface area contributed by atoms with E-state index in [-0.39, 0.29) is 11.9 Å². The van der Waals surface area contributed by atoms with Crippen LogP contribution in [0.25, 0.3) is 0 Å². The highest BCUT2D eigenvalue weighted by Gasteiger charge is 2.10. The van der Waals surface area contributed by atoms with Crippen LogP contribution in [0.2, 0.25) is 5.02 Å². The van der Waals surface area contributed by atoms with Crippen molar-refractivity contribution < 1.29 is 9.13 Å². The van der Waals surface area contributed by atoms with Crippen molar-refractivity contribution in [1.82, 2.24) is 4.98 Å². The van der Waals surface area contributed by atoms with Crippen LogP contribution in [0.3, 0.4) is 0 Å². The molecule has 0 fully saturated rings. The summed E-state index contributed by atoms with van der Waals surface area (Å²) < 4.78 is 18.7. The van der Waals surface area contributed by atoms with Crippen LogP contribution in [0.15, 0.2) is 36.5 Å². The van der Waals surface area contributed by atoms with Crippen LogP contribution in [0, 0.1) is 5.82 Å². The number of ether oxygens (including phenoxy) is 1. The summed E-state index contributed by atoms with van der Waals surface area (Å²) in [5.41, 5.74) is 7.62. The maximum atomic E-state index is 13.7. The summed E-state index contributed by atoms with van der Waals surface area (Å²) in [4.78, 5) is 4.12. The Bertz CT molecular complexity index is 575. The Morgan fingerprint density at radius 2 is 2.10 bits per heavy atom. The van der Waals surface area contributed by atoms with E-state index in [1.54, 1.807) is 31.5 Å². The molecule has 0 saturated carbocycles. The fourth-order valence-corrected chi connectivity index (χ4v) is 2.16. The summed E-state index contributed by atoms with van der Waals surface area (Å²) in [5, 5.41) is 0.388. The molecule has 0 saturated heterocycles. The number of hydrogen-bond acceptors (Lipinski definition) is 3. The predicted molar refractivity (Wildman–Crippen MR) is 77.6 cm³/mol. The molecule has 5 heteroatoms. The zero-order chi connectivity index (χ0) is 14.5. The average Bonchev–Trinajstić information content (AvgIpc) is 2.43. The van der Waals surface area contributed by atoms with Crippen LogP contribution in [-0.2, 0) is 12.8 Å². The standard InChI is InChI=1S/C15H16ClFN2O/c1-20-15-5-2-10(9-19-15)6-13(18)7-11-3-4-12(16)8-14(11)17/h2-5,8-9,13H,6-7,18H2,1H3. The lowest BCUT2D eigenvalue weighted by atomic mass is 10.0. The van der Waals surface area contributed by atoms with Crippen molar-refractivity contribution in [2.75, 3.05) is 7.11 Å². The molecule has 20 heavy (non-hydrogen) atoms. The molecular formula is C15H16ClFN2O. The predicted octanol–water partition coefficient (Wildman–Crippen LogP) is 3.00. The molecule has 2 N–H and O–H groups in total. The van der Waals surface area contributed by atoms with Gasteiger partial charge in [-0.05, 0) is 36.1 Å². The van der Waals surface area contributed by atoms with E-state index in [1.165, 1.54) is 6.07 Å². The highest BCUT2D eigenvalue weighted by atomic mass is 35.5. The van der Waals surface area contributed by atoms with E-state index in [0.717, 1.165) is 5.56 Å². The number of benzene rings is 1. The Hall–Kier alpha value is -1.65. The van der Waals surface area contributed by atoms with Gasteiger partial charge < -0.3 is 10.5 Å². The van der Waals surface area contributed by atoms with Gasteiger partial charge in [-0.2, -0.15) is 0 Å². The molecule has 0 aliphatic rings. The molecule has 1 aromatic carbocycles. The molecule has 0 amide bonds. The maximum Gasteiger partial charge on any atom is 0.212 e. The monoisotopic (exact) mass is 294 g/mol. The number of aromatic nitrogens is 1. The zero-order valence-electron chi connectivity index (χ0n) is 11.1. The molecule has 0 spiro atoms. The van der Waals surface area contributed by atoms with Gasteiger partial charge in [0.05, 0.1) is 7.11 Å². The van der Waals surface area contributed by atoms with Crippen molar-refractivity contribution in [3.63, 3.8) is 0 Å². The molecule has 2 rings (SSSR count). The van der Waals surface area contributed by atoms with Crippen LogP contribution < -0.4 is 10.5 Å². The van der Waals surface area contributed by atoms with Crippen LogP contribution in [0.4, 0.5) is 4.39 Å². The second-order valence-electron chi connectivity index (χ2n) is 4.61. The smallest absolute Gasteiger partial charge is 0.212 e. The molecule has 0 aliphatic carbocycles. The highest BCUT2D eigenvalue weighted by Crippen LogP contribution is 2.17. The minimum Gasteiger partial charge on any atom is -0.481 e. The topological polar surface area (TPSA) is 48.1 Å². The first-order valence-electron chi connectivity index (χ1n) is 6.27. The van der Waals surface area contributed by atoms with E-state index >= 15 is 0 Å². The molecule has 1 atom stereocenters. The lowest BCUT2D eigenvalue weighted by molar-refractivity contribution is 0.397. The molecule has 106 valence electrons. The van der Waals surface area contributed by atoms with Crippen molar-refractivity contribution in [1.29, 1.82) is 0 Å². The van der Waals surface area contributed by atoms with Gasteiger partial charge in [0.2, 0.25) is 5.88 Å². The number of halogens is 2. The van der Waals surface area contributed by atoms with Crippen LogP contribution in [-0.4, -0.2) is 18.1 Å². The third kappa shape index (κ3) is 3.92. The van der Waals surface area contributed by atoms with E-state index in [0.29, 0.717) is 29.3 Å². The largest absolute Gasteiger partial charge is 0.481 e. The highest BCUT2D eigenvalue weighted by molar-refractivity contribution is 6.30. The minimum atomic E-state index is -0.319.